The molecule has 0 atom stereocenters. The van der Waals surface area contributed by atoms with Gasteiger partial charge >= 0.3 is 6.18 Å². The van der Waals surface area contributed by atoms with Crippen LogP contribution in [-0.2, 0) is 6.18 Å². The monoisotopic (exact) mass is 290 g/mol. The van der Waals surface area contributed by atoms with Crippen molar-refractivity contribution in [2.45, 2.75) is 19.0 Å². The minimum atomic E-state index is -4.82. The fourth-order valence-electron chi connectivity index (χ4n) is 1.88. The van der Waals surface area contributed by atoms with Gasteiger partial charge in [0.25, 0.3) is 5.91 Å². The summed E-state index contributed by atoms with van der Waals surface area (Å²) >= 11 is 0. The average Bonchev–Trinajstić information content (AvgIpc) is 3.16. The van der Waals surface area contributed by atoms with Gasteiger partial charge in [-0.25, -0.2) is 4.39 Å². The van der Waals surface area contributed by atoms with E-state index >= 15 is 0 Å². The first-order valence-electron chi connectivity index (χ1n) is 6.12. The molecule has 3 N–H and O–H groups in total. The van der Waals surface area contributed by atoms with Crippen LogP contribution < -0.4 is 11.1 Å². The Kier molecular flexibility index (Phi) is 3.73. The molecule has 1 aliphatic rings. The largest absolute Gasteiger partial charge is 0.419 e. The van der Waals surface area contributed by atoms with Crippen LogP contribution in [0, 0.1) is 11.2 Å². The fourth-order valence-corrected chi connectivity index (χ4v) is 1.88. The summed E-state index contributed by atoms with van der Waals surface area (Å²) in [6.07, 6.45) is -3.04. The molecule has 0 bridgehead atoms. The first-order valence-corrected chi connectivity index (χ1v) is 6.12. The summed E-state index contributed by atoms with van der Waals surface area (Å²) in [4.78, 5) is 11.8. The van der Waals surface area contributed by atoms with Gasteiger partial charge in [0.1, 0.15) is 5.82 Å². The van der Waals surface area contributed by atoms with Gasteiger partial charge in [0.2, 0.25) is 0 Å². The number of rotatable bonds is 4. The topological polar surface area (TPSA) is 55.1 Å². The molecule has 1 fully saturated rings. The highest BCUT2D eigenvalue weighted by Gasteiger charge is 2.41. The minimum absolute atomic E-state index is 0.122. The maximum atomic E-state index is 13.1. The summed E-state index contributed by atoms with van der Waals surface area (Å²) in [5.41, 5.74) is 3.77. The minimum Gasteiger partial charge on any atom is -0.351 e. The molecule has 0 aromatic heterocycles. The fraction of sp³-hybridized carbons (Fsp3) is 0.462. The predicted octanol–water partition coefficient (Wildman–Crippen LogP) is 2.31. The van der Waals surface area contributed by atoms with Crippen molar-refractivity contribution in [2.24, 2.45) is 11.1 Å². The second-order valence-corrected chi connectivity index (χ2v) is 5.08. The van der Waals surface area contributed by atoms with Crippen LogP contribution in [0.15, 0.2) is 18.2 Å². The third-order valence-electron chi connectivity index (χ3n) is 3.55. The molecule has 0 spiro atoms. The predicted molar refractivity (Wildman–Crippen MR) is 64.5 cm³/mol. The standard InChI is InChI=1S/C13H14F4N2O/c14-10-2-1-8(5-9(10)13(15,16)17)11(20)19-7-12(6-18)3-4-12/h1-2,5H,3-4,6-7,18H2,(H,19,20). The van der Waals surface area contributed by atoms with Crippen molar-refractivity contribution in [3.05, 3.63) is 35.1 Å². The number of alkyl halides is 3. The Labute approximate surface area is 113 Å². The molecule has 1 aromatic rings. The van der Waals surface area contributed by atoms with E-state index in [1.54, 1.807) is 0 Å². The lowest BCUT2D eigenvalue weighted by molar-refractivity contribution is -0.140. The van der Waals surface area contributed by atoms with Crippen molar-refractivity contribution in [3.63, 3.8) is 0 Å². The first-order chi connectivity index (χ1) is 9.27. The Bertz CT molecular complexity index is 524. The van der Waals surface area contributed by atoms with E-state index in [0.717, 1.165) is 18.9 Å². The van der Waals surface area contributed by atoms with Crippen LogP contribution in [0.25, 0.3) is 0 Å². The number of benzene rings is 1. The number of hydrogen-bond donors (Lipinski definition) is 2. The molecular formula is C13H14F4N2O. The van der Waals surface area contributed by atoms with Crippen LogP contribution in [0.4, 0.5) is 17.6 Å². The van der Waals surface area contributed by atoms with E-state index < -0.39 is 23.5 Å². The van der Waals surface area contributed by atoms with E-state index in [0.29, 0.717) is 25.2 Å². The highest BCUT2D eigenvalue weighted by molar-refractivity contribution is 5.94. The van der Waals surface area contributed by atoms with Crippen LogP contribution in [0.5, 0.6) is 0 Å². The normalized spacial score (nSPS) is 16.9. The second-order valence-electron chi connectivity index (χ2n) is 5.08. The molecule has 0 saturated heterocycles. The van der Waals surface area contributed by atoms with Gasteiger partial charge in [0, 0.05) is 17.5 Å². The smallest absolute Gasteiger partial charge is 0.351 e. The van der Waals surface area contributed by atoms with E-state index in [-0.39, 0.29) is 11.0 Å². The lowest BCUT2D eigenvalue weighted by atomic mass is 10.1. The van der Waals surface area contributed by atoms with Gasteiger partial charge < -0.3 is 11.1 Å². The lowest BCUT2D eigenvalue weighted by Crippen LogP contribution is -2.34. The Morgan fingerprint density at radius 2 is 2.00 bits per heavy atom. The molecule has 0 unspecified atom stereocenters. The molecule has 1 amide bonds. The van der Waals surface area contributed by atoms with Crippen molar-refractivity contribution in [1.29, 1.82) is 0 Å². The Morgan fingerprint density at radius 1 is 1.35 bits per heavy atom. The molecule has 0 radical (unpaired) electrons. The average molecular weight is 290 g/mol. The van der Waals surface area contributed by atoms with Crippen LogP contribution in [0.2, 0.25) is 0 Å². The zero-order valence-corrected chi connectivity index (χ0v) is 10.6. The summed E-state index contributed by atoms with van der Waals surface area (Å²) < 4.78 is 50.7. The highest BCUT2D eigenvalue weighted by Crippen LogP contribution is 2.43. The van der Waals surface area contributed by atoms with Crippen molar-refractivity contribution >= 4 is 5.91 Å². The molecule has 20 heavy (non-hydrogen) atoms. The highest BCUT2D eigenvalue weighted by atomic mass is 19.4. The van der Waals surface area contributed by atoms with E-state index in [4.69, 9.17) is 5.73 Å². The molecule has 110 valence electrons. The first kappa shape index (κ1) is 14.8. The number of nitrogens with one attached hydrogen (secondary N) is 1. The molecule has 7 heteroatoms. The number of nitrogens with two attached hydrogens (primary N) is 1. The van der Waals surface area contributed by atoms with E-state index in [9.17, 15) is 22.4 Å². The summed E-state index contributed by atoms with van der Waals surface area (Å²) in [6.45, 7) is 0.742. The van der Waals surface area contributed by atoms with Gasteiger partial charge in [0.05, 0.1) is 5.56 Å². The maximum absolute atomic E-state index is 13.1. The molecular weight excluding hydrogens is 276 g/mol. The van der Waals surface area contributed by atoms with Gasteiger partial charge in [-0.2, -0.15) is 13.2 Å². The third kappa shape index (κ3) is 3.09. The SMILES string of the molecule is NCC1(CNC(=O)c2ccc(F)c(C(F)(F)F)c2)CC1. The van der Waals surface area contributed by atoms with Gasteiger partial charge in [-0.15, -0.1) is 0 Å². The van der Waals surface area contributed by atoms with Crippen molar-refractivity contribution in [1.82, 2.24) is 5.32 Å². The van der Waals surface area contributed by atoms with Crippen molar-refractivity contribution in [3.8, 4) is 0 Å². The molecule has 0 heterocycles. The van der Waals surface area contributed by atoms with Crippen molar-refractivity contribution in [2.75, 3.05) is 13.1 Å². The molecule has 1 aromatic carbocycles. The summed E-state index contributed by atoms with van der Waals surface area (Å²) in [5.74, 6) is -2.05. The van der Waals surface area contributed by atoms with E-state index in [1.807, 2.05) is 0 Å². The lowest BCUT2D eigenvalue weighted by Gasteiger charge is -2.14. The van der Waals surface area contributed by atoms with Gasteiger partial charge in [0.15, 0.2) is 0 Å². The Balaban J connectivity index is 2.10. The van der Waals surface area contributed by atoms with E-state index in [2.05, 4.69) is 5.32 Å². The van der Waals surface area contributed by atoms with Crippen LogP contribution in [0.1, 0.15) is 28.8 Å². The summed E-state index contributed by atoms with van der Waals surface area (Å²) in [7, 11) is 0. The zero-order valence-electron chi connectivity index (χ0n) is 10.6. The van der Waals surface area contributed by atoms with Gasteiger partial charge in [-0.3, -0.25) is 4.79 Å². The molecule has 3 nitrogen and oxygen atoms in total. The zero-order chi connectivity index (χ0) is 15.0. The van der Waals surface area contributed by atoms with Crippen LogP contribution in [0.3, 0.4) is 0 Å². The van der Waals surface area contributed by atoms with Crippen LogP contribution in [-0.4, -0.2) is 19.0 Å². The number of amides is 1. The number of hydrogen-bond acceptors (Lipinski definition) is 2. The molecule has 1 aliphatic carbocycles. The maximum Gasteiger partial charge on any atom is 0.419 e. The van der Waals surface area contributed by atoms with Crippen LogP contribution >= 0.6 is 0 Å². The number of carbonyl (C=O) groups is 1. The van der Waals surface area contributed by atoms with Gasteiger partial charge in [-0.1, -0.05) is 0 Å². The quantitative estimate of drug-likeness (QED) is 0.836. The Hall–Kier alpha value is -1.63. The molecule has 0 aliphatic heterocycles. The Morgan fingerprint density at radius 3 is 2.50 bits per heavy atom. The molecule has 2 rings (SSSR count). The third-order valence-corrected chi connectivity index (χ3v) is 3.55. The summed E-state index contributed by atoms with van der Waals surface area (Å²) in [5, 5.41) is 2.54. The second kappa shape index (κ2) is 5.05. The molecule has 1 saturated carbocycles. The van der Waals surface area contributed by atoms with Crippen molar-refractivity contribution < 1.29 is 22.4 Å². The van der Waals surface area contributed by atoms with Gasteiger partial charge in [-0.05, 0) is 37.6 Å². The number of carbonyl (C=O) groups excluding carboxylic acids is 1. The number of halogens is 4. The summed E-state index contributed by atoms with van der Waals surface area (Å²) in [6, 6.07) is 2.20. The van der Waals surface area contributed by atoms with E-state index in [1.165, 1.54) is 0 Å².